The summed E-state index contributed by atoms with van der Waals surface area (Å²) in [7, 11) is 0. The maximum Gasteiger partial charge on any atom is -0.00851 e. The van der Waals surface area contributed by atoms with Crippen LogP contribution >= 0.6 is 0 Å². The fourth-order valence-corrected chi connectivity index (χ4v) is 6.26. The van der Waals surface area contributed by atoms with Crippen LogP contribution in [0.2, 0.25) is 0 Å². The van der Waals surface area contributed by atoms with Gasteiger partial charge in [0.1, 0.15) is 0 Å². The number of allylic oxidation sites excluding steroid dienone is 2. The summed E-state index contributed by atoms with van der Waals surface area (Å²) < 4.78 is 0. The highest BCUT2D eigenvalue weighted by Gasteiger charge is 2.52. The summed E-state index contributed by atoms with van der Waals surface area (Å²) in [6, 6.07) is 0. The van der Waals surface area contributed by atoms with Crippen molar-refractivity contribution >= 4 is 0 Å². The molecule has 0 aromatic carbocycles. The molecule has 0 N–H and O–H groups in total. The summed E-state index contributed by atoms with van der Waals surface area (Å²) in [6.07, 6.45) is 14.1. The quantitative estimate of drug-likeness (QED) is 0.465. The number of rotatable bonds is 2. The van der Waals surface area contributed by atoms with Gasteiger partial charge < -0.3 is 0 Å². The van der Waals surface area contributed by atoms with Crippen molar-refractivity contribution in [2.45, 2.75) is 86.0 Å². The van der Waals surface area contributed by atoms with Crippen LogP contribution < -0.4 is 0 Å². The van der Waals surface area contributed by atoms with Gasteiger partial charge in [-0.05, 0) is 79.4 Å². The summed E-state index contributed by atoms with van der Waals surface area (Å²) in [5.74, 6) is 3.83. The van der Waals surface area contributed by atoms with Crippen LogP contribution in [0.4, 0.5) is 0 Å². The molecule has 23 heavy (non-hydrogen) atoms. The first-order valence-electron chi connectivity index (χ1n) is 10.1. The van der Waals surface area contributed by atoms with E-state index in [1.54, 1.807) is 0 Å². The second kappa shape index (κ2) is 7.16. The van der Waals surface area contributed by atoms with Gasteiger partial charge in [0.15, 0.2) is 0 Å². The summed E-state index contributed by atoms with van der Waals surface area (Å²) in [4.78, 5) is 0. The molecule has 3 rings (SSSR count). The Labute approximate surface area is 145 Å². The van der Waals surface area contributed by atoms with Crippen LogP contribution in [-0.2, 0) is 0 Å². The lowest BCUT2D eigenvalue weighted by Crippen LogP contribution is -2.49. The summed E-state index contributed by atoms with van der Waals surface area (Å²) >= 11 is 0. The van der Waals surface area contributed by atoms with Gasteiger partial charge in [0.05, 0.1) is 0 Å². The molecule has 5 atom stereocenters. The third kappa shape index (κ3) is 3.33. The molecule has 3 aliphatic carbocycles. The highest BCUT2D eigenvalue weighted by molar-refractivity contribution is 5.24. The first kappa shape index (κ1) is 18.8. The van der Waals surface area contributed by atoms with Crippen molar-refractivity contribution in [1.29, 1.82) is 0 Å². The first-order valence-corrected chi connectivity index (χ1v) is 10.1. The summed E-state index contributed by atoms with van der Waals surface area (Å²) in [6.45, 7) is 18.6. The fraction of sp³-hybridized carbons (Fsp3) is 0.826. The minimum atomic E-state index is 0.553. The van der Waals surface area contributed by atoms with Crippen molar-refractivity contribution in [3.63, 3.8) is 0 Å². The molecule has 3 aliphatic rings. The third-order valence-electron chi connectivity index (χ3n) is 7.65. The average molecular weight is 317 g/mol. The molecule has 0 spiro atoms. The normalized spacial score (nSPS) is 41.7. The van der Waals surface area contributed by atoms with Gasteiger partial charge in [-0.3, -0.25) is 0 Å². The Morgan fingerprint density at radius 3 is 2.48 bits per heavy atom. The maximum atomic E-state index is 3.00. The fourth-order valence-electron chi connectivity index (χ4n) is 6.26. The molecule has 0 aliphatic heterocycles. The van der Waals surface area contributed by atoms with E-state index in [2.05, 4.69) is 53.9 Å². The molecular weight excluding hydrogens is 276 g/mol. The van der Waals surface area contributed by atoms with Gasteiger partial charge in [-0.1, -0.05) is 52.7 Å². The second-order valence-corrected chi connectivity index (χ2v) is 9.42. The standard InChI is InChI=1S/C21H36.C2H4/c1-6-7-18-17-9-8-16-14-15(2)10-13-21(16,5)19(17)11-12-20(18,3)4;1-2/h8,15,17-19H,6-7,9-14H2,1-5H3;1-2H2. The number of fused-ring (bicyclic) bond motifs is 3. The smallest absolute Gasteiger partial charge is 0.00851 e. The largest absolute Gasteiger partial charge is 0.106 e. The van der Waals surface area contributed by atoms with Gasteiger partial charge in [0, 0.05) is 0 Å². The molecule has 0 aromatic heterocycles. The van der Waals surface area contributed by atoms with Crippen LogP contribution in [0.3, 0.4) is 0 Å². The van der Waals surface area contributed by atoms with Gasteiger partial charge >= 0.3 is 0 Å². The van der Waals surface area contributed by atoms with Crippen molar-refractivity contribution in [2.75, 3.05) is 0 Å². The summed E-state index contributed by atoms with van der Waals surface area (Å²) in [5, 5.41) is 0. The molecule has 0 radical (unpaired) electrons. The van der Waals surface area contributed by atoms with E-state index in [0.717, 1.165) is 23.7 Å². The van der Waals surface area contributed by atoms with E-state index in [-0.39, 0.29) is 0 Å². The Morgan fingerprint density at radius 1 is 1.13 bits per heavy atom. The van der Waals surface area contributed by atoms with Gasteiger partial charge in [-0.2, -0.15) is 0 Å². The van der Waals surface area contributed by atoms with Crippen molar-refractivity contribution in [2.24, 2.45) is 34.5 Å². The zero-order valence-electron chi connectivity index (χ0n) is 16.5. The Bertz CT molecular complexity index is 429. The molecule has 0 amide bonds. The van der Waals surface area contributed by atoms with Crippen molar-refractivity contribution < 1.29 is 0 Å². The Kier molecular flexibility index (Phi) is 5.85. The molecule has 0 nitrogen and oxygen atoms in total. The van der Waals surface area contributed by atoms with Crippen LogP contribution in [0.25, 0.3) is 0 Å². The van der Waals surface area contributed by atoms with E-state index in [1.807, 2.05) is 5.57 Å². The third-order valence-corrected chi connectivity index (χ3v) is 7.65. The lowest BCUT2D eigenvalue weighted by Gasteiger charge is -2.58. The highest BCUT2D eigenvalue weighted by atomic mass is 14.6. The maximum absolute atomic E-state index is 3.00. The van der Waals surface area contributed by atoms with E-state index in [9.17, 15) is 0 Å². The Hall–Kier alpha value is -0.520. The van der Waals surface area contributed by atoms with Crippen molar-refractivity contribution in [3.05, 3.63) is 24.8 Å². The zero-order chi connectivity index (χ0) is 17.3. The van der Waals surface area contributed by atoms with E-state index in [4.69, 9.17) is 0 Å². The topological polar surface area (TPSA) is 0 Å². The van der Waals surface area contributed by atoms with Crippen LogP contribution in [-0.4, -0.2) is 0 Å². The predicted octanol–water partition coefficient (Wildman–Crippen LogP) is 7.41. The SMILES string of the molecule is C=C.CCCC1C2CC=C3CC(C)CCC3(C)C2CCC1(C)C. The molecule has 0 aromatic rings. The molecule has 0 heteroatoms. The summed E-state index contributed by atoms with van der Waals surface area (Å²) in [5.41, 5.74) is 2.97. The minimum absolute atomic E-state index is 0.553. The molecule has 5 unspecified atom stereocenters. The van der Waals surface area contributed by atoms with E-state index < -0.39 is 0 Å². The van der Waals surface area contributed by atoms with Gasteiger partial charge in [0.2, 0.25) is 0 Å². The van der Waals surface area contributed by atoms with Gasteiger partial charge in [-0.15, -0.1) is 13.2 Å². The molecule has 0 bridgehead atoms. The molecule has 2 fully saturated rings. The Morgan fingerprint density at radius 2 is 1.83 bits per heavy atom. The molecule has 2 saturated carbocycles. The van der Waals surface area contributed by atoms with Crippen LogP contribution in [0.15, 0.2) is 24.8 Å². The van der Waals surface area contributed by atoms with Crippen LogP contribution in [0, 0.1) is 34.5 Å². The number of hydrogen-bond acceptors (Lipinski definition) is 0. The van der Waals surface area contributed by atoms with Gasteiger partial charge in [-0.25, -0.2) is 0 Å². The van der Waals surface area contributed by atoms with Crippen molar-refractivity contribution in [1.82, 2.24) is 0 Å². The molecule has 0 saturated heterocycles. The first-order chi connectivity index (χ1) is 10.9. The van der Waals surface area contributed by atoms with Crippen molar-refractivity contribution in [3.8, 4) is 0 Å². The zero-order valence-corrected chi connectivity index (χ0v) is 16.5. The average Bonchev–Trinajstić information content (AvgIpc) is 2.52. The lowest BCUT2D eigenvalue weighted by atomic mass is 9.47. The van der Waals surface area contributed by atoms with Crippen LogP contribution in [0.1, 0.15) is 86.0 Å². The predicted molar refractivity (Wildman–Crippen MR) is 103 cm³/mol. The monoisotopic (exact) mass is 316 g/mol. The molecule has 0 heterocycles. The number of hydrogen-bond donors (Lipinski definition) is 0. The molecular formula is C23H40. The second-order valence-electron chi connectivity index (χ2n) is 9.42. The molecule has 132 valence electrons. The minimum Gasteiger partial charge on any atom is -0.106 e. The Balaban J connectivity index is 0.000000924. The lowest BCUT2D eigenvalue weighted by molar-refractivity contribution is -0.0398. The van der Waals surface area contributed by atoms with Crippen LogP contribution in [0.5, 0.6) is 0 Å². The highest BCUT2D eigenvalue weighted by Crippen LogP contribution is 2.62. The van der Waals surface area contributed by atoms with E-state index in [0.29, 0.717) is 10.8 Å². The van der Waals surface area contributed by atoms with E-state index >= 15 is 0 Å². The van der Waals surface area contributed by atoms with E-state index in [1.165, 1.54) is 51.4 Å². The van der Waals surface area contributed by atoms with Gasteiger partial charge in [0.25, 0.3) is 0 Å².